The second kappa shape index (κ2) is 3.91. The Hall–Kier alpha value is -1.23. The van der Waals surface area contributed by atoms with Gasteiger partial charge >= 0.3 is 0 Å². The Kier molecular flexibility index (Phi) is 2.50. The van der Waals surface area contributed by atoms with E-state index < -0.39 is 5.60 Å². The van der Waals surface area contributed by atoms with Crippen LogP contribution >= 0.6 is 0 Å². The van der Waals surface area contributed by atoms with Crippen molar-refractivity contribution in [3.8, 4) is 0 Å². The molecule has 0 aromatic carbocycles. The first-order chi connectivity index (χ1) is 8.17. The average molecular weight is 236 g/mol. The van der Waals surface area contributed by atoms with E-state index in [0.717, 1.165) is 32.3 Å². The van der Waals surface area contributed by atoms with E-state index in [-0.39, 0.29) is 18.1 Å². The fourth-order valence-electron chi connectivity index (χ4n) is 2.20. The van der Waals surface area contributed by atoms with Gasteiger partial charge in [-0.2, -0.15) is 4.98 Å². The summed E-state index contributed by atoms with van der Waals surface area (Å²) in [7, 11) is 0. The van der Waals surface area contributed by atoms with Gasteiger partial charge in [-0.1, -0.05) is 5.16 Å². The maximum absolute atomic E-state index is 11.6. The SMILES string of the molecule is CC1(c2noc(CC(=O)C3CC3)n2)CCCO1. The van der Waals surface area contributed by atoms with Gasteiger partial charge in [0.1, 0.15) is 11.4 Å². The maximum Gasteiger partial charge on any atom is 0.234 e. The third-order valence-corrected chi connectivity index (χ3v) is 3.52. The molecule has 2 aliphatic rings. The zero-order valence-electron chi connectivity index (χ0n) is 9.94. The lowest BCUT2D eigenvalue weighted by Crippen LogP contribution is -2.21. The predicted molar refractivity (Wildman–Crippen MR) is 58.3 cm³/mol. The average Bonchev–Trinajstić information content (AvgIpc) is 2.90. The molecule has 0 N–H and O–H groups in total. The molecule has 1 aliphatic carbocycles. The van der Waals surface area contributed by atoms with Crippen molar-refractivity contribution < 1.29 is 14.1 Å². The van der Waals surface area contributed by atoms with Crippen molar-refractivity contribution in [3.05, 3.63) is 11.7 Å². The molecule has 0 amide bonds. The molecule has 0 radical (unpaired) electrons. The summed E-state index contributed by atoms with van der Waals surface area (Å²) in [6.45, 7) is 2.71. The molecule has 1 saturated heterocycles. The maximum atomic E-state index is 11.6. The monoisotopic (exact) mass is 236 g/mol. The highest BCUT2D eigenvalue weighted by molar-refractivity contribution is 5.84. The van der Waals surface area contributed by atoms with Gasteiger partial charge in [-0.05, 0) is 32.6 Å². The van der Waals surface area contributed by atoms with E-state index in [4.69, 9.17) is 9.26 Å². The standard InChI is InChI=1S/C12H16N2O3/c1-12(5-2-6-16-12)11-13-10(17-14-11)7-9(15)8-3-4-8/h8H,2-7H2,1H3. The van der Waals surface area contributed by atoms with Crippen molar-refractivity contribution in [2.45, 2.75) is 44.6 Å². The summed E-state index contributed by atoms with van der Waals surface area (Å²) in [5.74, 6) is 1.46. The third kappa shape index (κ3) is 2.11. The van der Waals surface area contributed by atoms with Crippen molar-refractivity contribution in [1.29, 1.82) is 0 Å². The zero-order valence-corrected chi connectivity index (χ0v) is 9.94. The van der Waals surface area contributed by atoms with Crippen LogP contribution in [0.15, 0.2) is 4.52 Å². The van der Waals surface area contributed by atoms with Crippen molar-refractivity contribution in [2.24, 2.45) is 5.92 Å². The van der Waals surface area contributed by atoms with E-state index in [1.54, 1.807) is 0 Å². The number of nitrogens with zero attached hydrogens (tertiary/aromatic N) is 2. The van der Waals surface area contributed by atoms with Crippen molar-refractivity contribution in [3.63, 3.8) is 0 Å². The second-order valence-corrected chi connectivity index (χ2v) is 5.11. The number of hydrogen-bond donors (Lipinski definition) is 0. The molecule has 0 bridgehead atoms. The van der Waals surface area contributed by atoms with E-state index in [1.165, 1.54) is 0 Å². The molecule has 92 valence electrons. The van der Waals surface area contributed by atoms with Crippen LogP contribution < -0.4 is 0 Å². The van der Waals surface area contributed by atoms with E-state index >= 15 is 0 Å². The van der Waals surface area contributed by atoms with Gasteiger partial charge in [0.2, 0.25) is 11.7 Å². The van der Waals surface area contributed by atoms with E-state index in [1.807, 2.05) is 6.92 Å². The van der Waals surface area contributed by atoms with Crippen LogP contribution in [-0.2, 0) is 21.6 Å². The molecular weight excluding hydrogens is 220 g/mol. The van der Waals surface area contributed by atoms with Crippen LogP contribution in [0.25, 0.3) is 0 Å². The quantitative estimate of drug-likeness (QED) is 0.794. The minimum absolute atomic E-state index is 0.220. The molecule has 1 aromatic rings. The largest absolute Gasteiger partial charge is 0.367 e. The van der Waals surface area contributed by atoms with Crippen molar-refractivity contribution in [2.75, 3.05) is 6.61 Å². The van der Waals surface area contributed by atoms with Gasteiger partial charge in [-0.15, -0.1) is 0 Å². The summed E-state index contributed by atoms with van der Waals surface area (Å²) in [6.07, 6.45) is 4.22. The van der Waals surface area contributed by atoms with E-state index in [2.05, 4.69) is 10.1 Å². The van der Waals surface area contributed by atoms with Gasteiger partial charge in [0.25, 0.3) is 0 Å². The molecule has 1 atom stereocenters. The Morgan fingerprint density at radius 1 is 1.53 bits per heavy atom. The van der Waals surface area contributed by atoms with Crippen LogP contribution in [0.1, 0.15) is 44.3 Å². The molecule has 2 heterocycles. The molecular formula is C12H16N2O3. The summed E-state index contributed by atoms with van der Waals surface area (Å²) >= 11 is 0. The van der Waals surface area contributed by atoms with Crippen LogP contribution in [0, 0.1) is 5.92 Å². The summed E-state index contributed by atoms with van der Waals surface area (Å²) in [4.78, 5) is 15.9. The molecule has 3 rings (SSSR count). The van der Waals surface area contributed by atoms with Crippen LogP contribution in [0.2, 0.25) is 0 Å². The minimum atomic E-state index is -0.426. The topological polar surface area (TPSA) is 65.2 Å². The lowest BCUT2D eigenvalue weighted by molar-refractivity contribution is -0.119. The fraction of sp³-hybridized carbons (Fsp3) is 0.750. The van der Waals surface area contributed by atoms with Crippen molar-refractivity contribution in [1.82, 2.24) is 10.1 Å². The summed E-state index contributed by atoms with van der Waals surface area (Å²) in [5, 5.41) is 3.94. The molecule has 1 saturated carbocycles. The number of Topliss-reactive ketones (excluding diaryl/α,β-unsaturated/α-hetero) is 1. The molecule has 5 heteroatoms. The lowest BCUT2D eigenvalue weighted by atomic mass is 10.0. The molecule has 17 heavy (non-hydrogen) atoms. The molecule has 5 nitrogen and oxygen atoms in total. The number of ether oxygens (including phenoxy) is 1. The van der Waals surface area contributed by atoms with E-state index in [0.29, 0.717) is 11.7 Å². The predicted octanol–water partition coefficient (Wildman–Crippen LogP) is 1.62. The molecule has 2 fully saturated rings. The number of hydrogen-bond acceptors (Lipinski definition) is 5. The Morgan fingerprint density at radius 3 is 3.00 bits per heavy atom. The van der Waals surface area contributed by atoms with Crippen molar-refractivity contribution >= 4 is 5.78 Å². The first kappa shape index (κ1) is 10.9. The van der Waals surface area contributed by atoms with Gasteiger partial charge in [0, 0.05) is 12.5 Å². The van der Waals surface area contributed by atoms with Crippen LogP contribution in [-0.4, -0.2) is 22.5 Å². The number of rotatable bonds is 4. The minimum Gasteiger partial charge on any atom is -0.367 e. The molecule has 1 unspecified atom stereocenters. The van der Waals surface area contributed by atoms with E-state index in [9.17, 15) is 4.79 Å². The van der Waals surface area contributed by atoms with Gasteiger partial charge in [-0.3, -0.25) is 4.79 Å². The van der Waals surface area contributed by atoms with Crippen LogP contribution in [0.5, 0.6) is 0 Å². The van der Waals surface area contributed by atoms with Crippen LogP contribution in [0.4, 0.5) is 0 Å². The highest BCUT2D eigenvalue weighted by Gasteiger charge is 2.37. The highest BCUT2D eigenvalue weighted by Crippen LogP contribution is 2.34. The summed E-state index contributed by atoms with van der Waals surface area (Å²) in [5.41, 5.74) is -0.426. The van der Waals surface area contributed by atoms with Gasteiger partial charge in [0.05, 0.1) is 6.42 Å². The Balaban J connectivity index is 1.71. The Bertz CT molecular complexity index is 431. The first-order valence-corrected chi connectivity index (χ1v) is 6.17. The lowest BCUT2D eigenvalue weighted by Gasteiger charge is -2.17. The Labute approximate surface area is 99.5 Å². The molecule has 1 aliphatic heterocycles. The van der Waals surface area contributed by atoms with Gasteiger partial charge in [0.15, 0.2) is 0 Å². The molecule has 1 aromatic heterocycles. The normalized spacial score (nSPS) is 28.5. The number of carbonyl (C=O) groups excluding carboxylic acids is 1. The van der Waals surface area contributed by atoms with Gasteiger partial charge in [-0.25, -0.2) is 0 Å². The zero-order chi connectivity index (χ0) is 11.9. The fourth-order valence-corrected chi connectivity index (χ4v) is 2.20. The highest BCUT2D eigenvalue weighted by atomic mass is 16.5. The molecule has 0 spiro atoms. The summed E-state index contributed by atoms with van der Waals surface area (Å²) in [6, 6.07) is 0. The smallest absolute Gasteiger partial charge is 0.234 e. The third-order valence-electron chi connectivity index (χ3n) is 3.52. The number of carbonyl (C=O) groups is 1. The first-order valence-electron chi connectivity index (χ1n) is 6.17. The number of aromatic nitrogens is 2. The van der Waals surface area contributed by atoms with Gasteiger partial charge < -0.3 is 9.26 Å². The second-order valence-electron chi connectivity index (χ2n) is 5.11. The number of ketones is 1. The Morgan fingerprint density at radius 2 is 2.35 bits per heavy atom. The van der Waals surface area contributed by atoms with Crippen LogP contribution in [0.3, 0.4) is 0 Å². The summed E-state index contributed by atoms with van der Waals surface area (Å²) < 4.78 is 10.8.